The van der Waals surface area contributed by atoms with E-state index in [9.17, 15) is 9.50 Å². The van der Waals surface area contributed by atoms with Crippen molar-refractivity contribution in [3.63, 3.8) is 0 Å². The second-order valence-corrected chi connectivity index (χ2v) is 5.00. The molecule has 0 heterocycles. The van der Waals surface area contributed by atoms with E-state index in [1.807, 2.05) is 0 Å². The van der Waals surface area contributed by atoms with Crippen LogP contribution in [0, 0.1) is 5.82 Å². The number of hydrogen-bond donors (Lipinski definition) is 2. The molecular formula is C14H19FO3. The minimum atomic E-state index is -0.819. The molecule has 0 bridgehead atoms. The summed E-state index contributed by atoms with van der Waals surface area (Å²) in [6.45, 7) is -0.0659. The second kappa shape index (κ2) is 5.67. The average Bonchev–Trinajstić information content (AvgIpc) is 2.38. The molecule has 0 aromatic heterocycles. The van der Waals surface area contributed by atoms with E-state index in [0.29, 0.717) is 18.4 Å². The van der Waals surface area contributed by atoms with Crippen LogP contribution in [0.5, 0.6) is 5.75 Å². The van der Waals surface area contributed by atoms with E-state index < -0.39 is 11.4 Å². The molecule has 0 aliphatic heterocycles. The lowest BCUT2D eigenvalue weighted by Crippen LogP contribution is -2.38. The van der Waals surface area contributed by atoms with Gasteiger partial charge in [0.15, 0.2) is 11.6 Å². The van der Waals surface area contributed by atoms with Gasteiger partial charge in [-0.2, -0.15) is 0 Å². The van der Waals surface area contributed by atoms with Crippen molar-refractivity contribution in [2.45, 2.75) is 44.3 Å². The minimum absolute atomic E-state index is 0.127. The van der Waals surface area contributed by atoms with Gasteiger partial charge in [-0.1, -0.05) is 25.3 Å². The van der Waals surface area contributed by atoms with Crippen LogP contribution in [0.3, 0.4) is 0 Å². The summed E-state index contributed by atoms with van der Waals surface area (Å²) in [6, 6.07) is 4.36. The molecule has 0 unspecified atom stereocenters. The predicted molar refractivity (Wildman–Crippen MR) is 65.9 cm³/mol. The van der Waals surface area contributed by atoms with E-state index in [1.54, 1.807) is 6.07 Å². The Balaban J connectivity index is 1.97. The summed E-state index contributed by atoms with van der Waals surface area (Å²) in [5, 5.41) is 19.1. The van der Waals surface area contributed by atoms with Gasteiger partial charge in [0.2, 0.25) is 0 Å². The maximum Gasteiger partial charge on any atom is 0.165 e. The van der Waals surface area contributed by atoms with Gasteiger partial charge in [-0.25, -0.2) is 4.39 Å². The molecular weight excluding hydrogens is 235 g/mol. The maximum atomic E-state index is 13.6. The first-order valence-corrected chi connectivity index (χ1v) is 6.37. The van der Waals surface area contributed by atoms with Crippen molar-refractivity contribution in [3.8, 4) is 5.75 Å². The molecule has 3 nitrogen and oxygen atoms in total. The monoisotopic (exact) mass is 254 g/mol. The van der Waals surface area contributed by atoms with Crippen molar-refractivity contribution >= 4 is 0 Å². The fourth-order valence-corrected chi connectivity index (χ4v) is 2.33. The number of benzene rings is 1. The van der Waals surface area contributed by atoms with Crippen molar-refractivity contribution in [2.75, 3.05) is 6.61 Å². The molecule has 2 rings (SSSR count). The van der Waals surface area contributed by atoms with Gasteiger partial charge < -0.3 is 14.9 Å². The Labute approximate surface area is 106 Å². The molecule has 1 aromatic carbocycles. The molecule has 1 aromatic rings. The minimum Gasteiger partial charge on any atom is -0.488 e. The number of rotatable bonds is 4. The summed E-state index contributed by atoms with van der Waals surface area (Å²) in [4.78, 5) is 0. The number of hydrogen-bond acceptors (Lipinski definition) is 3. The van der Waals surface area contributed by atoms with Crippen molar-refractivity contribution in [1.29, 1.82) is 0 Å². The van der Waals surface area contributed by atoms with E-state index in [1.165, 1.54) is 12.1 Å². The van der Waals surface area contributed by atoms with Gasteiger partial charge in [0, 0.05) is 0 Å². The van der Waals surface area contributed by atoms with E-state index in [4.69, 9.17) is 9.84 Å². The van der Waals surface area contributed by atoms with Crippen LogP contribution < -0.4 is 4.74 Å². The van der Waals surface area contributed by atoms with Gasteiger partial charge in [-0.3, -0.25) is 0 Å². The lowest BCUT2D eigenvalue weighted by Gasteiger charge is -2.31. The van der Waals surface area contributed by atoms with Gasteiger partial charge in [0.1, 0.15) is 6.61 Å². The molecule has 1 saturated carbocycles. The zero-order chi connectivity index (χ0) is 13.0. The Morgan fingerprint density at radius 3 is 2.56 bits per heavy atom. The third-order valence-corrected chi connectivity index (χ3v) is 3.46. The highest BCUT2D eigenvalue weighted by atomic mass is 19.1. The summed E-state index contributed by atoms with van der Waals surface area (Å²) in [7, 11) is 0. The first-order valence-electron chi connectivity index (χ1n) is 6.37. The topological polar surface area (TPSA) is 49.7 Å². The van der Waals surface area contributed by atoms with Gasteiger partial charge in [0.25, 0.3) is 0 Å². The molecule has 0 radical (unpaired) electrons. The fourth-order valence-electron chi connectivity index (χ4n) is 2.33. The second-order valence-electron chi connectivity index (χ2n) is 5.00. The summed E-state index contributed by atoms with van der Waals surface area (Å²) in [6.07, 6.45) is 4.55. The third-order valence-electron chi connectivity index (χ3n) is 3.46. The van der Waals surface area contributed by atoms with E-state index in [0.717, 1.165) is 19.3 Å². The Morgan fingerprint density at radius 1 is 1.22 bits per heavy atom. The quantitative estimate of drug-likeness (QED) is 0.867. The first-order chi connectivity index (χ1) is 8.63. The Hall–Kier alpha value is -1.13. The van der Waals surface area contributed by atoms with E-state index in [2.05, 4.69) is 0 Å². The lowest BCUT2D eigenvalue weighted by atomic mass is 9.85. The predicted octanol–water partition coefficient (Wildman–Crippen LogP) is 2.39. The third kappa shape index (κ3) is 3.21. The Bertz CT molecular complexity index is 400. The zero-order valence-electron chi connectivity index (χ0n) is 10.4. The molecule has 0 atom stereocenters. The number of ether oxygens (including phenoxy) is 1. The van der Waals surface area contributed by atoms with Crippen LogP contribution in [0.25, 0.3) is 0 Å². The van der Waals surface area contributed by atoms with Crippen LogP contribution in [0.4, 0.5) is 4.39 Å². The van der Waals surface area contributed by atoms with Gasteiger partial charge in [-0.05, 0) is 30.5 Å². The lowest BCUT2D eigenvalue weighted by molar-refractivity contribution is -0.0347. The summed E-state index contributed by atoms with van der Waals surface area (Å²) in [5.74, 6) is -0.368. The Morgan fingerprint density at radius 2 is 1.94 bits per heavy atom. The van der Waals surface area contributed by atoms with Crippen molar-refractivity contribution in [1.82, 2.24) is 0 Å². The van der Waals surface area contributed by atoms with Crippen molar-refractivity contribution in [2.24, 2.45) is 0 Å². The van der Waals surface area contributed by atoms with Crippen LogP contribution in [-0.4, -0.2) is 22.4 Å². The van der Waals surface area contributed by atoms with Crippen LogP contribution in [-0.2, 0) is 6.61 Å². The highest BCUT2D eigenvalue weighted by Crippen LogP contribution is 2.29. The Kier molecular flexibility index (Phi) is 4.19. The van der Waals surface area contributed by atoms with E-state index >= 15 is 0 Å². The van der Waals surface area contributed by atoms with Gasteiger partial charge in [-0.15, -0.1) is 0 Å². The van der Waals surface area contributed by atoms with E-state index in [-0.39, 0.29) is 19.0 Å². The van der Waals surface area contributed by atoms with Crippen LogP contribution >= 0.6 is 0 Å². The molecule has 1 aliphatic rings. The molecule has 18 heavy (non-hydrogen) atoms. The van der Waals surface area contributed by atoms with Crippen molar-refractivity contribution < 1.29 is 19.3 Å². The van der Waals surface area contributed by atoms with Crippen molar-refractivity contribution in [3.05, 3.63) is 29.6 Å². The number of aliphatic hydroxyl groups is 2. The molecule has 0 amide bonds. The molecule has 0 spiro atoms. The molecule has 1 fully saturated rings. The smallest absolute Gasteiger partial charge is 0.165 e. The maximum absolute atomic E-state index is 13.6. The number of aliphatic hydroxyl groups excluding tert-OH is 1. The molecule has 100 valence electrons. The van der Waals surface area contributed by atoms with Gasteiger partial charge >= 0.3 is 0 Å². The van der Waals surface area contributed by atoms with Gasteiger partial charge in [0.05, 0.1) is 12.2 Å². The normalized spacial score (nSPS) is 18.6. The fraction of sp³-hybridized carbons (Fsp3) is 0.571. The van der Waals surface area contributed by atoms with Crippen LogP contribution in [0.1, 0.15) is 37.7 Å². The standard InChI is InChI=1S/C14H19FO3/c15-12-8-11(9-16)4-5-13(12)18-10-14(17)6-2-1-3-7-14/h4-5,8,16-17H,1-3,6-7,9-10H2. The van der Waals surface area contributed by atoms with Crippen LogP contribution in [0.2, 0.25) is 0 Å². The van der Waals surface area contributed by atoms with Crippen LogP contribution in [0.15, 0.2) is 18.2 Å². The summed E-state index contributed by atoms with van der Waals surface area (Å²) < 4.78 is 19.0. The summed E-state index contributed by atoms with van der Waals surface area (Å²) in [5.41, 5.74) is -0.309. The summed E-state index contributed by atoms with van der Waals surface area (Å²) >= 11 is 0. The highest BCUT2D eigenvalue weighted by Gasteiger charge is 2.30. The molecule has 4 heteroatoms. The number of halogens is 1. The molecule has 1 aliphatic carbocycles. The zero-order valence-corrected chi connectivity index (χ0v) is 10.4. The highest BCUT2D eigenvalue weighted by molar-refractivity contribution is 5.29. The largest absolute Gasteiger partial charge is 0.488 e. The molecule has 2 N–H and O–H groups in total. The average molecular weight is 254 g/mol. The molecule has 0 saturated heterocycles. The SMILES string of the molecule is OCc1ccc(OCC2(O)CCCCC2)c(F)c1. The first kappa shape index (κ1) is 13.3.